The van der Waals surface area contributed by atoms with Crippen LogP contribution >= 0.6 is 0 Å². The van der Waals surface area contributed by atoms with E-state index in [1.54, 1.807) is 38.1 Å². The Balaban J connectivity index is 1.58. The summed E-state index contributed by atoms with van der Waals surface area (Å²) < 4.78 is 46.4. The molecule has 1 saturated heterocycles. The molecular weight excluding hydrogens is 483 g/mol. The molecule has 2 N–H and O–H groups in total. The van der Waals surface area contributed by atoms with Gasteiger partial charge < -0.3 is 15.2 Å². The number of aryl methyl sites for hydroxylation is 1. The van der Waals surface area contributed by atoms with Gasteiger partial charge in [0.1, 0.15) is 6.54 Å². The van der Waals surface area contributed by atoms with Crippen LogP contribution in [0.2, 0.25) is 0 Å². The maximum Gasteiger partial charge on any atom is 0.416 e. The molecule has 0 unspecified atom stereocenters. The number of hydrogen-bond donors (Lipinski definition) is 2. The van der Waals surface area contributed by atoms with Crippen LogP contribution in [0.1, 0.15) is 61.5 Å². The second-order valence-corrected chi connectivity index (χ2v) is 10.4. The van der Waals surface area contributed by atoms with Gasteiger partial charge in [-0.2, -0.15) is 13.2 Å². The number of piperidine rings is 1. The fourth-order valence-electron chi connectivity index (χ4n) is 5.50. The molecule has 4 atom stereocenters. The summed E-state index contributed by atoms with van der Waals surface area (Å²) in [7, 11) is 0. The molecule has 2 aliphatic heterocycles. The lowest BCUT2D eigenvalue weighted by Crippen LogP contribution is -2.65. The Morgan fingerprint density at radius 2 is 1.89 bits per heavy atom. The number of nitrogens with zero attached hydrogens (tertiary/aromatic N) is 2. The summed E-state index contributed by atoms with van der Waals surface area (Å²) in [4.78, 5) is 18.4. The zero-order valence-corrected chi connectivity index (χ0v) is 21.4. The van der Waals surface area contributed by atoms with Crippen molar-refractivity contribution in [2.45, 2.75) is 69.5 Å². The summed E-state index contributed by atoms with van der Waals surface area (Å²) in [6, 6.07) is 13.8. The van der Waals surface area contributed by atoms with Gasteiger partial charge in [-0.1, -0.05) is 42.0 Å². The molecule has 0 aliphatic carbocycles. The Hall–Kier alpha value is -2.75. The summed E-state index contributed by atoms with van der Waals surface area (Å²) in [5.74, 6) is -0.0977. The Morgan fingerprint density at radius 1 is 1.16 bits per heavy atom. The molecule has 0 radical (unpaired) electrons. The summed E-state index contributed by atoms with van der Waals surface area (Å²) in [5, 5.41) is 13.9. The van der Waals surface area contributed by atoms with Crippen molar-refractivity contribution in [1.82, 2.24) is 10.2 Å². The number of benzene rings is 2. The van der Waals surface area contributed by atoms with Crippen molar-refractivity contribution in [1.29, 1.82) is 0 Å². The minimum atomic E-state index is -4.43. The number of nitrogens with one attached hydrogen (secondary N) is 1. The van der Waals surface area contributed by atoms with Gasteiger partial charge in [0, 0.05) is 6.54 Å². The molecule has 1 amide bonds. The highest BCUT2D eigenvalue weighted by Gasteiger charge is 2.49. The van der Waals surface area contributed by atoms with Gasteiger partial charge in [-0.15, -0.1) is 0 Å². The zero-order chi connectivity index (χ0) is 26.8. The number of aliphatic imine (C=N–C) groups is 1. The summed E-state index contributed by atoms with van der Waals surface area (Å²) >= 11 is 0. The molecule has 0 bridgehead atoms. The van der Waals surface area contributed by atoms with Crippen molar-refractivity contribution in [3.8, 4) is 0 Å². The van der Waals surface area contributed by atoms with Crippen LogP contribution in [0.25, 0.3) is 0 Å². The van der Waals surface area contributed by atoms with Crippen LogP contribution in [-0.2, 0) is 21.2 Å². The first kappa shape index (κ1) is 27.3. The summed E-state index contributed by atoms with van der Waals surface area (Å²) in [6.07, 6.45) is -2.47. The molecule has 4 rings (SSSR count). The first-order valence-corrected chi connectivity index (χ1v) is 12.6. The second kappa shape index (κ2) is 10.6. The van der Waals surface area contributed by atoms with Gasteiger partial charge in [0.15, 0.2) is 0 Å². The summed E-state index contributed by atoms with van der Waals surface area (Å²) in [6.45, 7) is 5.84. The fraction of sp³-hybridized carbons (Fsp3) is 0.500. The first-order valence-electron chi connectivity index (χ1n) is 12.6. The molecule has 2 heterocycles. The van der Waals surface area contributed by atoms with E-state index >= 15 is 0 Å². The predicted octanol–water partition coefficient (Wildman–Crippen LogP) is 4.75. The lowest BCUT2D eigenvalue weighted by molar-refractivity contribution is -0.137. The number of carbonyl (C=O) groups excluding carboxylic acids is 1. The largest absolute Gasteiger partial charge is 0.416 e. The molecule has 0 aromatic heterocycles. The van der Waals surface area contributed by atoms with E-state index in [2.05, 4.69) is 10.3 Å². The zero-order valence-electron chi connectivity index (χ0n) is 21.4. The third-order valence-electron chi connectivity index (χ3n) is 7.45. The first-order chi connectivity index (χ1) is 17.4. The van der Waals surface area contributed by atoms with Gasteiger partial charge in [0.05, 0.1) is 41.8 Å². The van der Waals surface area contributed by atoms with E-state index in [0.29, 0.717) is 36.9 Å². The highest BCUT2D eigenvalue weighted by molar-refractivity contribution is 5.95. The fourth-order valence-corrected chi connectivity index (χ4v) is 5.50. The minimum absolute atomic E-state index is 0.0977. The maximum atomic E-state index is 13.4. The number of amides is 1. The van der Waals surface area contributed by atoms with Crippen molar-refractivity contribution in [2.24, 2.45) is 4.99 Å². The molecule has 0 spiro atoms. The molecule has 6 nitrogen and oxygen atoms in total. The lowest BCUT2D eigenvalue weighted by Gasteiger charge is -2.51. The van der Waals surface area contributed by atoms with Crippen LogP contribution in [0.3, 0.4) is 0 Å². The van der Waals surface area contributed by atoms with E-state index in [1.807, 2.05) is 30.3 Å². The Bertz CT molecular complexity index is 1130. The quantitative estimate of drug-likeness (QED) is 0.530. The van der Waals surface area contributed by atoms with Crippen LogP contribution in [-0.4, -0.2) is 53.6 Å². The average molecular weight is 518 g/mol. The number of rotatable bonds is 8. The van der Waals surface area contributed by atoms with Crippen LogP contribution < -0.4 is 5.32 Å². The predicted molar refractivity (Wildman–Crippen MR) is 135 cm³/mol. The number of ether oxygens (including phenoxy) is 1. The highest BCUT2D eigenvalue weighted by atomic mass is 19.4. The topological polar surface area (TPSA) is 74.2 Å². The normalized spacial score (nSPS) is 25.9. The smallest absolute Gasteiger partial charge is 0.393 e. The number of halogens is 3. The molecule has 9 heteroatoms. The highest BCUT2D eigenvalue weighted by Crippen LogP contribution is 2.40. The van der Waals surface area contributed by atoms with Crippen molar-refractivity contribution in [2.75, 3.05) is 19.7 Å². The maximum absolute atomic E-state index is 13.4. The molecule has 0 saturated carbocycles. The van der Waals surface area contributed by atoms with Crippen molar-refractivity contribution >= 4 is 12.2 Å². The van der Waals surface area contributed by atoms with Crippen molar-refractivity contribution < 1.29 is 27.8 Å². The minimum Gasteiger partial charge on any atom is -0.393 e. The average Bonchev–Trinajstić information content (AvgIpc) is 3.29. The van der Waals surface area contributed by atoms with E-state index in [4.69, 9.17) is 4.74 Å². The van der Waals surface area contributed by atoms with Crippen molar-refractivity contribution in [3.63, 3.8) is 0 Å². The van der Waals surface area contributed by atoms with E-state index in [9.17, 15) is 23.1 Å². The summed E-state index contributed by atoms with van der Waals surface area (Å²) in [5.41, 5.74) is 0.0462. The third kappa shape index (κ3) is 5.89. The molecule has 2 aromatic carbocycles. The van der Waals surface area contributed by atoms with Crippen LogP contribution in [0.5, 0.6) is 0 Å². The van der Waals surface area contributed by atoms with E-state index in [0.717, 1.165) is 17.7 Å². The number of alkyl halides is 3. The third-order valence-corrected chi connectivity index (χ3v) is 7.45. The Morgan fingerprint density at radius 3 is 2.46 bits per heavy atom. The van der Waals surface area contributed by atoms with E-state index < -0.39 is 35.0 Å². The van der Waals surface area contributed by atoms with E-state index in [-0.39, 0.29) is 19.1 Å². The number of hydrogen-bond acceptors (Lipinski definition) is 5. The van der Waals surface area contributed by atoms with Gasteiger partial charge in [-0.3, -0.25) is 14.7 Å². The molecule has 200 valence electrons. The van der Waals surface area contributed by atoms with Crippen LogP contribution in [0.15, 0.2) is 53.5 Å². The Labute approximate surface area is 215 Å². The number of aliphatic hydroxyl groups excluding tert-OH is 1. The monoisotopic (exact) mass is 517 g/mol. The molecule has 37 heavy (non-hydrogen) atoms. The SMILES string of the molecule is Cc1cc([C@@H](C)OC[C@@]2(c3ccccc3)CC[C@](C[C@H](C)O)(N3C=NCC3=O)CN2)cc(C(F)(F)F)c1. The van der Waals surface area contributed by atoms with Gasteiger partial charge in [-0.05, 0) is 63.3 Å². The second-order valence-electron chi connectivity index (χ2n) is 10.4. The van der Waals surface area contributed by atoms with Gasteiger partial charge in [0.2, 0.25) is 5.91 Å². The van der Waals surface area contributed by atoms with Gasteiger partial charge in [0.25, 0.3) is 0 Å². The number of aliphatic hydroxyl groups is 1. The van der Waals surface area contributed by atoms with Gasteiger partial charge in [-0.25, -0.2) is 0 Å². The van der Waals surface area contributed by atoms with E-state index in [1.165, 1.54) is 0 Å². The van der Waals surface area contributed by atoms with Gasteiger partial charge >= 0.3 is 6.18 Å². The van der Waals surface area contributed by atoms with Crippen LogP contribution in [0, 0.1) is 6.92 Å². The molecule has 2 aliphatic rings. The lowest BCUT2D eigenvalue weighted by atomic mass is 9.73. The molecule has 1 fully saturated rings. The standard InChI is InChI=1S/C28H34F3N3O3/c1-19-11-22(13-24(12-19)28(29,30)31)21(3)37-17-27(23-7-5-4-6-8-23)10-9-26(16-33-27,14-20(2)35)34-18-32-15-25(34)36/h4-8,11-13,18,20-21,33,35H,9-10,14-17H2,1-3H3/t20-,21+,26+,27+/m0/s1. The molecule has 2 aromatic rings. The Kier molecular flexibility index (Phi) is 7.78. The van der Waals surface area contributed by atoms with Crippen LogP contribution in [0.4, 0.5) is 13.2 Å². The van der Waals surface area contributed by atoms with Crippen molar-refractivity contribution in [3.05, 3.63) is 70.8 Å². The number of carbonyl (C=O) groups is 1. The molecular formula is C28H34F3N3O3.